The van der Waals surface area contributed by atoms with Crippen LogP contribution >= 0.6 is 0 Å². The lowest BCUT2D eigenvalue weighted by atomic mass is 10.1. The van der Waals surface area contributed by atoms with E-state index in [0.29, 0.717) is 12.0 Å². The first-order chi connectivity index (χ1) is 8.72. The van der Waals surface area contributed by atoms with Gasteiger partial charge in [-0.05, 0) is 24.6 Å². The SMILES string of the molecule is CCCC(=O)c1ccc(=O)n(-c2ccccc2)c1. The number of nitrogens with zero attached hydrogens (tertiary/aromatic N) is 1. The predicted octanol–water partition coefficient (Wildman–Crippen LogP) is 2.82. The zero-order valence-electron chi connectivity index (χ0n) is 10.3. The van der Waals surface area contributed by atoms with Crippen LogP contribution in [0.4, 0.5) is 0 Å². The number of benzene rings is 1. The number of hydrogen-bond donors (Lipinski definition) is 0. The van der Waals surface area contributed by atoms with Crippen molar-refractivity contribution in [2.75, 3.05) is 0 Å². The number of ketones is 1. The molecule has 0 saturated heterocycles. The molecule has 18 heavy (non-hydrogen) atoms. The molecule has 3 nitrogen and oxygen atoms in total. The van der Waals surface area contributed by atoms with E-state index in [1.165, 1.54) is 10.6 Å². The maximum atomic E-state index is 11.8. The number of para-hydroxylation sites is 1. The number of carbonyl (C=O) groups is 1. The molecule has 0 amide bonds. The van der Waals surface area contributed by atoms with Crippen molar-refractivity contribution in [3.05, 3.63) is 64.6 Å². The second-order valence-electron chi connectivity index (χ2n) is 4.13. The van der Waals surface area contributed by atoms with Crippen molar-refractivity contribution >= 4 is 5.78 Å². The van der Waals surface area contributed by atoms with Gasteiger partial charge in [0.2, 0.25) is 0 Å². The number of carbonyl (C=O) groups excluding carboxylic acids is 1. The molecule has 0 spiro atoms. The maximum Gasteiger partial charge on any atom is 0.255 e. The Morgan fingerprint density at radius 1 is 1.11 bits per heavy atom. The minimum atomic E-state index is -0.130. The van der Waals surface area contributed by atoms with Crippen molar-refractivity contribution in [3.63, 3.8) is 0 Å². The van der Waals surface area contributed by atoms with Gasteiger partial charge in [0, 0.05) is 29.9 Å². The average Bonchev–Trinajstić information content (AvgIpc) is 2.40. The Labute approximate surface area is 106 Å². The van der Waals surface area contributed by atoms with Gasteiger partial charge in [0.25, 0.3) is 5.56 Å². The molecule has 0 aliphatic carbocycles. The third-order valence-electron chi connectivity index (χ3n) is 2.74. The van der Waals surface area contributed by atoms with Gasteiger partial charge in [-0.25, -0.2) is 0 Å². The van der Waals surface area contributed by atoms with Crippen LogP contribution in [0, 0.1) is 0 Å². The lowest BCUT2D eigenvalue weighted by molar-refractivity contribution is 0.0981. The molecule has 0 fully saturated rings. The number of aromatic nitrogens is 1. The Bertz CT molecular complexity index is 599. The Hall–Kier alpha value is -2.16. The van der Waals surface area contributed by atoms with Crippen LogP contribution in [0.25, 0.3) is 5.69 Å². The Morgan fingerprint density at radius 3 is 2.50 bits per heavy atom. The van der Waals surface area contributed by atoms with E-state index in [-0.39, 0.29) is 11.3 Å². The first-order valence-electron chi connectivity index (χ1n) is 6.03. The molecule has 1 aromatic carbocycles. The molecule has 0 atom stereocenters. The predicted molar refractivity (Wildman–Crippen MR) is 71.3 cm³/mol. The zero-order valence-corrected chi connectivity index (χ0v) is 10.3. The molecule has 2 aromatic rings. The highest BCUT2D eigenvalue weighted by Crippen LogP contribution is 2.08. The third-order valence-corrected chi connectivity index (χ3v) is 2.74. The summed E-state index contributed by atoms with van der Waals surface area (Å²) in [6.07, 6.45) is 2.94. The highest BCUT2D eigenvalue weighted by atomic mass is 16.1. The van der Waals surface area contributed by atoms with E-state index in [0.717, 1.165) is 12.1 Å². The minimum absolute atomic E-state index is 0.0715. The van der Waals surface area contributed by atoms with Crippen molar-refractivity contribution < 1.29 is 4.79 Å². The number of Topliss-reactive ketones (excluding diaryl/α,β-unsaturated/α-hetero) is 1. The molecule has 2 rings (SSSR count). The van der Waals surface area contributed by atoms with Gasteiger partial charge in [-0.2, -0.15) is 0 Å². The van der Waals surface area contributed by atoms with Crippen molar-refractivity contribution in [3.8, 4) is 5.69 Å². The summed E-state index contributed by atoms with van der Waals surface area (Å²) in [6.45, 7) is 1.96. The molecule has 1 aromatic heterocycles. The van der Waals surface area contributed by atoms with Gasteiger partial charge < -0.3 is 0 Å². The van der Waals surface area contributed by atoms with Crippen LogP contribution in [0.15, 0.2) is 53.5 Å². The third kappa shape index (κ3) is 2.56. The summed E-state index contributed by atoms with van der Waals surface area (Å²) in [6, 6.07) is 12.3. The quantitative estimate of drug-likeness (QED) is 0.772. The normalized spacial score (nSPS) is 10.3. The largest absolute Gasteiger partial charge is 0.294 e. The first kappa shape index (κ1) is 12.3. The van der Waals surface area contributed by atoms with Crippen molar-refractivity contribution in [2.45, 2.75) is 19.8 Å². The Kier molecular flexibility index (Phi) is 3.72. The highest BCUT2D eigenvalue weighted by molar-refractivity contribution is 5.95. The van der Waals surface area contributed by atoms with E-state index in [9.17, 15) is 9.59 Å². The molecule has 0 radical (unpaired) electrons. The summed E-state index contributed by atoms with van der Waals surface area (Å²) in [7, 11) is 0. The summed E-state index contributed by atoms with van der Waals surface area (Å²) in [5.74, 6) is 0.0715. The minimum Gasteiger partial charge on any atom is -0.294 e. The lowest BCUT2D eigenvalue weighted by Gasteiger charge is -2.07. The highest BCUT2D eigenvalue weighted by Gasteiger charge is 2.07. The second-order valence-corrected chi connectivity index (χ2v) is 4.13. The average molecular weight is 241 g/mol. The standard InChI is InChI=1S/C15H15NO2/c1-2-6-14(17)12-9-10-15(18)16(11-12)13-7-4-3-5-8-13/h3-5,7-11H,2,6H2,1H3. The fourth-order valence-corrected chi connectivity index (χ4v) is 1.81. The van der Waals surface area contributed by atoms with E-state index in [4.69, 9.17) is 0 Å². The topological polar surface area (TPSA) is 39.1 Å². The Morgan fingerprint density at radius 2 is 1.83 bits per heavy atom. The van der Waals surface area contributed by atoms with Gasteiger partial charge >= 0.3 is 0 Å². The van der Waals surface area contributed by atoms with Gasteiger partial charge in [-0.3, -0.25) is 14.2 Å². The van der Waals surface area contributed by atoms with E-state index in [2.05, 4.69) is 0 Å². The molecular formula is C15H15NO2. The van der Waals surface area contributed by atoms with Crippen LogP contribution in [0.2, 0.25) is 0 Å². The van der Waals surface area contributed by atoms with Crippen LogP contribution in [-0.4, -0.2) is 10.4 Å². The van der Waals surface area contributed by atoms with Crippen LogP contribution in [0.3, 0.4) is 0 Å². The molecule has 0 aliphatic rings. The fraction of sp³-hybridized carbons (Fsp3) is 0.200. The molecule has 0 aliphatic heterocycles. The monoisotopic (exact) mass is 241 g/mol. The molecule has 0 bridgehead atoms. The van der Waals surface area contributed by atoms with Crippen LogP contribution in [0.5, 0.6) is 0 Å². The van der Waals surface area contributed by atoms with E-state index in [1.54, 1.807) is 12.3 Å². The molecule has 1 heterocycles. The summed E-state index contributed by atoms with van der Waals surface area (Å²) < 4.78 is 1.50. The molecule has 0 unspecified atom stereocenters. The maximum absolute atomic E-state index is 11.8. The van der Waals surface area contributed by atoms with Gasteiger partial charge in [0.15, 0.2) is 5.78 Å². The van der Waals surface area contributed by atoms with Crippen molar-refractivity contribution in [1.29, 1.82) is 0 Å². The van der Waals surface area contributed by atoms with Crippen molar-refractivity contribution in [1.82, 2.24) is 4.57 Å². The molecule has 0 saturated carbocycles. The summed E-state index contributed by atoms with van der Waals surface area (Å²) in [5, 5.41) is 0. The number of hydrogen-bond acceptors (Lipinski definition) is 2. The van der Waals surface area contributed by atoms with Gasteiger partial charge in [0.05, 0.1) is 0 Å². The van der Waals surface area contributed by atoms with Gasteiger partial charge in [-0.1, -0.05) is 25.1 Å². The van der Waals surface area contributed by atoms with Crippen LogP contribution < -0.4 is 5.56 Å². The fourth-order valence-electron chi connectivity index (χ4n) is 1.81. The first-order valence-corrected chi connectivity index (χ1v) is 6.03. The lowest BCUT2D eigenvalue weighted by Crippen LogP contribution is -2.18. The van der Waals surface area contributed by atoms with E-state index >= 15 is 0 Å². The summed E-state index contributed by atoms with van der Waals surface area (Å²) in [5.41, 5.74) is 1.23. The van der Waals surface area contributed by atoms with Gasteiger partial charge in [-0.15, -0.1) is 0 Å². The molecule has 3 heteroatoms. The molecule has 0 N–H and O–H groups in total. The van der Waals surface area contributed by atoms with Crippen LogP contribution in [0.1, 0.15) is 30.1 Å². The smallest absolute Gasteiger partial charge is 0.255 e. The number of rotatable bonds is 4. The zero-order chi connectivity index (χ0) is 13.0. The summed E-state index contributed by atoms with van der Waals surface area (Å²) in [4.78, 5) is 23.6. The van der Waals surface area contributed by atoms with Crippen molar-refractivity contribution in [2.24, 2.45) is 0 Å². The Balaban J connectivity index is 2.46. The summed E-state index contributed by atoms with van der Waals surface area (Å²) >= 11 is 0. The van der Waals surface area contributed by atoms with Crippen LogP contribution in [-0.2, 0) is 0 Å². The van der Waals surface area contributed by atoms with Gasteiger partial charge in [0.1, 0.15) is 0 Å². The number of pyridine rings is 1. The van der Waals surface area contributed by atoms with E-state index < -0.39 is 0 Å². The second kappa shape index (κ2) is 5.45. The van der Waals surface area contributed by atoms with E-state index in [1.807, 2.05) is 37.3 Å². The molecule has 92 valence electrons. The molecular weight excluding hydrogens is 226 g/mol.